The van der Waals surface area contributed by atoms with E-state index < -0.39 is 0 Å². The average Bonchev–Trinajstić information content (AvgIpc) is 2.38. The zero-order valence-corrected chi connectivity index (χ0v) is 10.1. The van der Waals surface area contributed by atoms with Crippen LogP contribution in [0, 0.1) is 0 Å². The molecule has 0 saturated heterocycles. The predicted molar refractivity (Wildman–Crippen MR) is 63.4 cm³/mol. The average molecular weight is 252 g/mol. The van der Waals surface area contributed by atoms with Crippen molar-refractivity contribution in [2.75, 3.05) is 14.2 Å². The Morgan fingerprint density at radius 1 is 1.18 bits per heavy atom. The summed E-state index contributed by atoms with van der Waals surface area (Å²) in [5.74, 6) is 1.32. The molecule has 5 nitrogen and oxygen atoms in total. The van der Waals surface area contributed by atoms with Crippen molar-refractivity contribution in [2.24, 2.45) is 0 Å². The number of benzene rings is 1. The molecule has 1 heterocycles. The summed E-state index contributed by atoms with van der Waals surface area (Å²) in [4.78, 5) is 3.88. The Balaban J connectivity index is 2.60. The minimum absolute atomic E-state index is 0.270. The van der Waals surface area contributed by atoms with Crippen LogP contribution in [0.3, 0.4) is 0 Å². The van der Waals surface area contributed by atoms with Gasteiger partial charge in [-0.2, -0.15) is 0 Å². The summed E-state index contributed by atoms with van der Waals surface area (Å²) in [5.41, 5.74) is 1.15. The molecule has 2 aromatic rings. The van der Waals surface area contributed by atoms with Crippen molar-refractivity contribution in [1.29, 1.82) is 0 Å². The molecule has 88 valence electrons. The molecule has 0 atom stereocenters. The molecule has 1 aromatic heterocycles. The predicted octanol–water partition coefficient (Wildman–Crippen LogP) is 2.21. The molecule has 1 aromatic carbocycles. The number of nitrogens with zero attached hydrogens (tertiary/aromatic N) is 3. The molecule has 2 rings (SSSR count). The SMILES string of the molecule is COc1ccc(OC)c(-c2nncnc2Cl)c1. The Labute approximate surface area is 103 Å². The summed E-state index contributed by atoms with van der Waals surface area (Å²) in [6.07, 6.45) is 1.29. The summed E-state index contributed by atoms with van der Waals surface area (Å²) >= 11 is 5.97. The summed E-state index contributed by atoms with van der Waals surface area (Å²) < 4.78 is 10.4. The van der Waals surface area contributed by atoms with Gasteiger partial charge in [-0.1, -0.05) is 11.6 Å². The van der Waals surface area contributed by atoms with Crippen LogP contribution < -0.4 is 9.47 Å². The van der Waals surface area contributed by atoms with Crippen molar-refractivity contribution in [3.05, 3.63) is 29.7 Å². The first-order chi connectivity index (χ1) is 8.26. The van der Waals surface area contributed by atoms with Crippen molar-refractivity contribution >= 4 is 11.6 Å². The Hall–Kier alpha value is -1.88. The fourth-order valence-corrected chi connectivity index (χ4v) is 1.61. The van der Waals surface area contributed by atoms with Gasteiger partial charge in [0.05, 0.1) is 19.8 Å². The van der Waals surface area contributed by atoms with E-state index in [-0.39, 0.29) is 5.15 Å². The van der Waals surface area contributed by atoms with Gasteiger partial charge in [0.1, 0.15) is 23.5 Å². The zero-order chi connectivity index (χ0) is 12.3. The number of hydrogen-bond donors (Lipinski definition) is 0. The lowest BCUT2D eigenvalue weighted by molar-refractivity contribution is 0.404. The quantitative estimate of drug-likeness (QED) is 0.837. The first kappa shape index (κ1) is 11.6. The Morgan fingerprint density at radius 3 is 2.65 bits per heavy atom. The number of hydrogen-bond acceptors (Lipinski definition) is 5. The molecule has 0 radical (unpaired) electrons. The van der Waals surface area contributed by atoms with E-state index in [9.17, 15) is 0 Å². The van der Waals surface area contributed by atoms with E-state index in [1.807, 2.05) is 0 Å². The molecule has 17 heavy (non-hydrogen) atoms. The number of aromatic nitrogens is 3. The lowest BCUT2D eigenvalue weighted by atomic mass is 10.1. The number of methoxy groups -OCH3 is 2. The highest BCUT2D eigenvalue weighted by Gasteiger charge is 2.13. The minimum atomic E-state index is 0.270. The third-order valence-corrected chi connectivity index (χ3v) is 2.51. The van der Waals surface area contributed by atoms with Gasteiger partial charge in [-0.25, -0.2) is 4.98 Å². The molecule has 0 bridgehead atoms. The molecule has 0 aliphatic carbocycles. The van der Waals surface area contributed by atoms with Crippen LogP contribution in [0.25, 0.3) is 11.3 Å². The van der Waals surface area contributed by atoms with E-state index in [1.165, 1.54) is 6.33 Å². The lowest BCUT2D eigenvalue weighted by Gasteiger charge is -2.09. The van der Waals surface area contributed by atoms with Crippen LogP contribution in [0.4, 0.5) is 0 Å². The van der Waals surface area contributed by atoms with E-state index in [4.69, 9.17) is 21.1 Å². The maximum Gasteiger partial charge on any atom is 0.159 e. The van der Waals surface area contributed by atoms with Crippen molar-refractivity contribution in [2.45, 2.75) is 0 Å². The van der Waals surface area contributed by atoms with Gasteiger partial charge in [0, 0.05) is 0 Å². The van der Waals surface area contributed by atoms with Gasteiger partial charge in [-0.15, -0.1) is 10.2 Å². The highest BCUT2D eigenvalue weighted by Crippen LogP contribution is 2.34. The van der Waals surface area contributed by atoms with Crippen LogP contribution in [0.1, 0.15) is 0 Å². The summed E-state index contributed by atoms with van der Waals surface area (Å²) in [7, 11) is 3.16. The standard InChI is InChI=1S/C11H10ClN3O2/c1-16-7-3-4-9(17-2)8(5-7)10-11(12)13-6-14-15-10/h3-6H,1-2H3. The van der Waals surface area contributed by atoms with Gasteiger partial charge < -0.3 is 9.47 Å². The van der Waals surface area contributed by atoms with E-state index in [2.05, 4.69) is 15.2 Å². The molecule has 0 spiro atoms. The minimum Gasteiger partial charge on any atom is -0.497 e. The Bertz CT molecular complexity index is 534. The second-order valence-electron chi connectivity index (χ2n) is 3.17. The molecular formula is C11H10ClN3O2. The summed E-state index contributed by atoms with van der Waals surface area (Å²) in [6, 6.07) is 5.34. The molecule has 6 heteroatoms. The van der Waals surface area contributed by atoms with Gasteiger partial charge >= 0.3 is 0 Å². The van der Waals surface area contributed by atoms with Gasteiger partial charge in [-0.3, -0.25) is 0 Å². The third-order valence-electron chi connectivity index (χ3n) is 2.24. The van der Waals surface area contributed by atoms with Gasteiger partial charge in [0.15, 0.2) is 5.15 Å². The molecule has 0 N–H and O–H groups in total. The van der Waals surface area contributed by atoms with Crippen molar-refractivity contribution in [3.8, 4) is 22.8 Å². The van der Waals surface area contributed by atoms with Crippen molar-refractivity contribution < 1.29 is 9.47 Å². The van der Waals surface area contributed by atoms with E-state index in [1.54, 1.807) is 32.4 Å². The topological polar surface area (TPSA) is 57.1 Å². The molecule has 0 amide bonds. The number of halogens is 1. The Kier molecular flexibility index (Phi) is 3.39. The first-order valence-electron chi connectivity index (χ1n) is 4.82. The second kappa shape index (κ2) is 4.97. The normalized spacial score (nSPS) is 10.1. The highest BCUT2D eigenvalue weighted by atomic mass is 35.5. The molecule has 0 saturated carbocycles. The molecule has 0 aliphatic heterocycles. The van der Waals surface area contributed by atoms with Crippen LogP contribution in [0.5, 0.6) is 11.5 Å². The number of ether oxygens (including phenoxy) is 2. The smallest absolute Gasteiger partial charge is 0.159 e. The van der Waals surface area contributed by atoms with Crippen LogP contribution in [-0.4, -0.2) is 29.4 Å². The van der Waals surface area contributed by atoms with E-state index in [0.29, 0.717) is 22.8 Å². The van der Waals surface area contributed by atoms with E-state index >= 15 is 0 Å². The molecular weight excluding hydrogens is 242 g/mol. The molecule has 0 aliphatic rings. The fourth-order valence-electron chi connectivity index (χ4n) is 1.43. The molecule has 0 unspecified atom stereocenters. The monoisotopic (exact) mass is 251 g/mol. The van der Waals surface area contributed by atoms with Crippen molar-refractivity contribution in [1.82, 2.24) is 15.2 Å². The number of rotatable bonds is 3. The van der Waals surface area contributed by atoms with Crippen molar-refractivity contribution in [3.63, 3.8) is 0 Å². The maximum atomic E-state index is 5.97. The largest absolute Gasteiger partial charge is 0.497 e. The van der Waals surface area contributed by atoms with Gasteiger partial charge in [0.2, 0.25) is 0 Å². The van der Waals surface area contributed by atoms with E-state index in [0.717, 1.165) is 0 Å². The second-order valence-corrected chi connectivity index (χ2v) is 3.52. The summed E-state index contributed by atoms with van der Waals surface area (Å²) in [6.45, 7) is 0. The van der Waals surface area contributed by atoms with Crippen LogP contribution in [-0.2, 0) is 0 Å². The van der Waals surface area contributed by atoms with Crippen LogP contribution in [0.2, 0.25) is 5.15 Å². The lowest BCUT2D eigenvalue weighted by Crippen LogP contribution is -1.95. The molecule has 0 fully saturated rings. The first-order valence-corrected chi connectivity index (χ1v) is 5.19. The summed E-state index contributed by atoms with van der Waals surface area (Å²) in [5, 5.41) is 7.93. The van der Waals surface area contributed by atoms with Crippen LogP contribution >= 0.6 is 11.6 Å². The maximum absolute atomic E-state index is 5.97. The highest BCUT2D eigenvalue weighted by molar-refractivity contribution is 6.31. The third kappa shape index (κ3) is 2.29. The Morgan fingerprint density at radius 2 is 2.00 bits per heavy atom. The van der Waals surface area contributed by atoms with Crippen LogP contribution in [0.15, 0.2) is 24.5 Å². The van der Waals surface area contributed by atoms with Gasteiger partial charge in [0.25, 0.3) is 0 Å². The zero-order valence-electron chi connectivity index (χ0n) is 9.35. The van der Waals surface area contributed by atoms with Gasteiger partial charge in [-0.05, 0) is 18.2 Å². The fraction of sp³-hybridized carbons (Fsp3) is 0.182.